The van der Waals surface area contributed by atoms with Gasteiger partial charge in [0.15, 0.2) is 4.87 Å². The number of Topliss-reactive ketones (excluding diaryl/α,β-unsaturated/α-hetero) is 1. The highest BCUT2D eigenvalue weighted by Gasteiger charge is 2.38. The average molecular weight is 1520 g/mol. The third kappa shape index (κ3) is 55.3. The molecule has 612 valence electrons. The number of ketones is 1. The lowest BCUT2D eigenvalue weighted by molar-refractivity contribution is -0.159. The summed E-state index contributed by atoms with van der Waals surface area (Å²) >= 11 is 0. The van der Waals surface area contributed by atoms with Gasteiger partial charge in [-0.25, -0.2) is 4.79 Å². The minimum atomic E-state index is -4.30. The Hall–Kier alpha value is -6.87. The third-order valence-electron chi connectivity index (χ3n) is 17.5. The maximum atomic E-state index is 11.7. The Labute approximate surface area is 632 Å². The zero-order valence-electron chi connectivity index (χ0n) is 70.0. The minimum absolute atomic E-state index is 0.0162. The van der Waals surface area contributed by atoms with Crippen LogP contribution in [0.2, 0.25) is 0 Å². The molecule has 0 aliphatic heterocycles. The first kappa shape index (κ1) is 111. The van der Waals surface area contributed by atoms with Gasteiger partial charge in [0.05, 0.1) is 45.3 Å². The highest BCUT2D eigenvalue weighted by Crippen LogP contribution is 2.26. The van der Waals surface area contributed by atoms with Gasteiger partial charge in [-0.15, -0.1) is 0 Å². The molecule has 105 heavy (non-hydrogen) atoms. The molecule has 2 amide bonds. The summed E-state index contributed by atoms with van der Waals surface area (Å²) in [5, 5.41) is 36.2. The van der Waals surface area contributed by atoms with Crippen molar-refractivity contribution in [1.82, 2.24) is 10.2 Å². The molecule has 0 aromatic heterocycles. The normalized spacial score (nSPS) is 11.9. The number of hydrogen-bond acceptors (Lipinski definition) is 20. The summed E-state index contributed by atoms with van der Waals surface area (Å²) in [6, 6.07) is 16.8. The van der Waals surface area contributed by atoms with Crippen LogP contribution in [-0.2, 0) is 83.6 Å². The van der Waals surface area contributed by atoms with Crippen molar-refractivity contribution < 1.29 is 105 Å². The summed E-state index contributed by atoms with van der Waals surface area (Å²) in [5.41, 5.74) is 4.44. The Bertz CT molecular complexity index is 2890. The smallest absolute Gasteiger partial charge is 0.335 e. The molecule has 2 aromatic rings. The summed E-state index contributed by atoms with van der Waals surface area (Å²) < 4.78 is 55.6. The van der Waals surface area contributed by atoms with E-state index < -0.39 is 60.5 Å². The summed E-state index contributed by atoms with van der Waals surface area (Å²) in [7, 11) is -0.384. The Morgan fingerprint density at radius 3 is 1.13 bits per heavy atom. The molecule has 0 saturated carbocycles. The zero-order valence-corrected chi connectivity index (χ0v) is 70.8. The fraction of sp³-hybridized carbons (Fsp3) is 0.722. The second-order valence-electron chi connectivity index (χ2n) is 30.4. The number of benzene rings is 2. The molecule has 2 aromatic carbocycles. The molecular weight excluding hydrogens is 1370 g/mol. The number of carbonyl (C=O) groups is 10. The van der Waals surface area contributed by atoms with Crippen molar-refractivity contribution in [3.05, 3.63) is 71.3 Å². The molecule has 0 fully saturated rings. The first-order valence-electron chi connectivity index (χ1n) is 36.1. The Balaban J connectivity index is -0.000000209. The number of carboxylic acid groups (broad SMARTS) is 2. The van der Waals surface area contributed by atoms with Gasteiger partial charge in [0.2, 0.25) is 11.8 Å². The van der Waals surface area contributed by atoms with Crippen LogP contribution in [0.25, 0.3) is 0 Å². The van der Waals surface area contributed by atoms with Crippen LogP contribution in [0, 0.1) is 37.9 Å². The Morgan fingerprint density at radius 2 is 0.857 bits per heavy atom. The predicted octanol–water partition coefficient (Wildman–Crippen LogP) is 14.4. The summed E-state index contributed by atoms with van der Waals surface area (Å²) in [4.78, 5) is 111. The number of aliphatic carboxylic acids is 1. The molecular formula is C79H143N3O22S. The van der Waals surface area contributed by atoms with E-state index in [9.17, 15) is 56.4 Å². The summed E-state index contributed by atoms with van der Waals surface area (Å²) in [5.74, 6) is -3.34. The molecule has 0 bridgehead atoms. The number of hydrogen-bond donors (Lipinski definition) is 7. The van der Waals surface area contributed by atoms with Crippen LogP contribution in [0.5, 0.6) is 0 Å². The van der Waals surface area contributed by atoms with E-state index in [0.29, 0.717) is 44.0 Å². The van der Waals surface area contributed by atoms with Gasteiger partial charge in [-0.3, -0.25) is 47.7 Å². The predicted molar refractivity (Wildman–Crippen MR) is 414 cm³/mol. The highest BCUT2D eigenvalue weighted by atomic mass is 32.2. The number of carboxylic acids is 2. The van der Waals surface area contributed by atoms with Crippen LogP contribution < -0.4 is 11.1 Å². The van der Waals surface area contributed by atoms with Crippen molar-refractivity contribution in [2.24, 2.45) is 43.6 Å². The number of nitrogens with two attached hydrogens (primary N) is 1. The Kier molecular flexibility index (Phi) is 59.0. The van der Waals surface area contributed by atoms with Gasteiger partial charge in [-0.1, -0.05) is 139 Å². The van der Waals surface area contributed by atoms with E-state index in [2.05, 4.69) is 19.2 Å². The molecule has 0 radical (unpaired) electrons. The molecule has 26 heteroatoms. The SMILES string of the molecule is CCC(C)(C)C(=O)NC(C)(C)S(=O)(=O)O.CCC(C)(C)C(=O)O.CCC(C)(C)C(=O)OCCN(C)C.CCC(C)(C)C(=O)OCCO.CCC(C)(C)C(=O)OCCOC(=O)CC(C)=O.CCC(C)(C)C(=O)OCc1ccccc1.CCC(C)(C)C(N)=O.CCC(C)O.CCC(C)c1ccc(C(=O)O)cc1. The van der Waals surface area contributed by atoms with Crippen LogP contribution in [0.1, 0.15) is 285 Å². The van der Waals surface area contributed by atoms with Crippen LogP contribution in [0.4, 0.5) is 0 Å². The van der Waals surface area contributed by atoms with Gasteiger partial charge in [0.25, 0.3) is 10.1 Å². The molecule has 25 nitrogen and oxygen atoms in total. The lowest BCUT2D eigenvalue weighted by Crippen LogP contribution is -2.53. The quantitative estimate of drug-likeness (QED) is 0.0118. The van der Waals surface area contributed by atoms with Gasteiger partial charge in [-0.2, -0.15) is 8.42 Å². The standard InChI is InChI=1S/C13H18O2.C12H20O5.C11H14O2.C10H21NO2.C9H19NO4S.C8H16O3.C6H13NO.C6H12O2.C4H10O/c1-4-13(2,3)12(14)15-10-11-8-6-5-7-9-11;1-5-12(3,4)11(15)17-7-6-16-10(14)8-9(2)13;1-3-8(2)9-4-6-10(7-5-9)11(12)13;1-6-10(2,3)9(12)13-8-7-11(4)5;1-6-8(2,3)7(11)10-9(4,5)15(12,13)14;1-4-8(2,3)7(10)11-6-5-9;2*1-4-6(2,3)5(7)8;1-3-4(2)5/h5-9H,4,10H2,1-3H3;5-8H2,1-4H3;4-8H,3H2,1-2H3,(H,12,13);6-8H2,1-5H3;6H2,1-5H3,(H,10,11)(H,12,13,14);9H,4-6H2,1-3H3;4H2,1-3H3,(H2,7,8);4H2,1-3H3,(H,7,8);4-5H,3H2,1-2H3. The maximum absolute atomic E-state index is 11.7. The van der Waals surface area contributed by atoms with Crippen LogP contribution in [0.15, 0.2) is 54.6 Å². The van der Waals surface area contributed by atoms with Crippen LogP contribution in [0.3, 0.4) is 0 Å². The molecule has 0 aliphatic rings. The van der Waals surface area contributed by atoms with Crippen molar-refractivity contribution in [2.45, 2.75) is 282 Å². The van der Waals surface area contributed by atoms with Crippen molar-refractivity contribution in [3.8, 4) is 0 Å². The number of aliphatic hydroxyl groups excluding tert-OH is 2. The lowest BCUT2D eigenvalue weighted by Gasteiger charge is -2.29. The van der Waals surface area contributed by atoms with Crippen molar-refractivity contribution in [3.63, 3.8) is 0 Å². The van der Waals surface area contributed by atoms with Gasteiger partial charge in [0, 0.05) is 17.4 Å². The fourth-order valence-electron chi connectivity index (χ4n) is 5.27. The maximum Gasteiger partial charge on any atom is 0.335 e. The third-order valence-corrected chi connectivity index (χ3v) is 18.9. The number of carbonyl (C=O) groups excluding carboxylic acids is 8. The molecule has 0 saturated heterocycles. The number of amides is 2. The topological polar surface area (TPSA) is 393 Å². The van der Waals surface area contributed by atoms with Crippen molar-refractivity contribution in [2.75, 3.05) is 53.7 Å². The fourth-order valence-corrected chi connectivity index (χ4v) is 5.49. The van der Waals surface area contributed by atoms with Gasteiger partial charge in [0.1, 0.15) is 45.2 Å². The summed E-state index contributed by atoms with van der Waals surface area (Å²) in [6.45, 7) is 52.3. The first-order chi connectivity index (χ1) is 47.7. The molecule has 0 aliphatic carbocycles. The largest absolute Gasteiger partial charge is 0.481 e. The average Bonchev–Trinajstić information content (AvgIpc) is 0.819. The first-order valence-corrected chi connectivity index (χ1v) is 37.6. The van der Waals surface area contributed by atoms with Crippen LogP contribution in [-0.4, -0.2) is 162 Å². The number of nitrogens with zero attached hydrogens (tertiary/aromatic N) is 1. The lowest BCUT2D eigenvalue weighted by atomic mass is 9.89. The summed E-state index contributed by atoms with van der Waals surface area (Å²) in [6.07, 6.45) is 6.68. The molecule has 2 atom stereocenters. The van der Waals surface area contributed by atoms with E-state index >= 15 is 0 Å². The number of esters is 5. The molecule has 8 N–H and O–H groups in total. The van der Waals surface area contributed by atoms with Crippen molar-refractivity contribution >= 4 is 69.5 Å². The number of aromatic carboxylic acids is 1. The number of primary amides is 1. The van der Waals surface area contributed by atoms with E-state index in [4.69, 9.17) is 54.4 Å². The molecule has 0 spiro atoms. The number of nitrogens with one attached hydrogen (secondary N) is 1. The molecule has 2 rings (SSSR count). The van der Waals surface area contributed by atoms with E-state index in [1.807, 2.05) is 172 Å². The Morgan fingerprint density at radius 1 is 0.505 bits per heavy atom. The van der Waals surface area contributed by atoms with E-state index in [0.717, 1.165) is 50.6 Å². The zero-order chi connectivity index (χ0) is 84.4. The van der Waals surface area contributed by atoms with Gasteiger partial charge >= 0.3 is 41.8 Å². The second-order valence-corrected chi connectivity index (χ2v) is 32.3. The van der Waals surface area contributed by atoms with Crippen LogP contribution >= 0.6 is 0 Å². The minimum Gasteiger partial charge on any atom is -0.481 e. The van der Waals surface area contributed by atoms with E-state index in [1.54, 1.807) is 60.6 Å². The molecule has 0 heterocycles. The second kappa shape index (κ2) is 55.5. The van der Waals surface area contributed by atoms with Gasteiger partial charge in [-0.05, 0) is 198 Å². The number of likely N-dealkylation sites (N-methyl/N-ethyl adjacent to an activating group) is 1. The monoisotopic (exact) mass is 1520 g/mol. The number of rotatable bonds is 32. The van der Waals surface area contributed by atoms with Gasteiger partial charge < -0.3 is 60.1 Å². The molecule has 2 unspecified atom stereocenters. The number of ether oxygens (including phenoxy) is 5. The highest BCUT2D eigenvalue weighted by molar-refractivity contribution is 7.87. The van der Waals surface area contributed by atoms with Crippen molar-refractivity contribution in [1.29, 1.82) is 0 Å². The number of aliphatic hydroxyl groups is 2. The van der Waals surface area contributed by atoms with E-state index in [1.165, 1.54) is 26.3 Å². The van der Waals surface area contributed by atoms with E-state index in [-0.39, 0.29) is 90.8 Å².